The van der Waals surface area contributed by atoms with Crippen LogP contribution in [0.4, 0.5) is 0 Å². The maximum atomic E-state index is 11.4. The van der Waals surface area contributed by atoms with Crippen LogP contribution >= 0.6 is 0 Å². The van der Waals surface area contributed by atoms with Gasteiger partial charge in [-0.15, -0.1) is 0 Å². The molecular formula is C13H25NO2. The second kappa shape index (κ2) is 7.66. The maximum Gasteiger partial charge on any atom is 0.306 e. The largest absolute Gasteiger partial charge is 0.466 e. The van der Waals surface area contributed by atoms with Crippen molar-refractivity contribution < 1.29 is 9.53 Å². The summed E-state index contributed by atoms with van der Waals surface area (Å²) in [6.07, 6.45) is 5.54. The molecule has 0 aliphatic carbocycles. The Morgan fingerprint density at radius 2 is 2.25 bits per heavy atom. The normalized spacial score (nSPS) is 22.0. The number of likely N-dealkylation sites (tertiary alicyclic amines) is 1. The predicted octanol–water partition coefficient (Wildman–Crippen LogP) is 2.45. The van der Waals surface area contributed by atoms with E-state index in [0.29, 0.717) is 18.9 Å². The number of carbonyl (C=O) groups is 1. The molecule has 1 fully saturated rings. The molecule has 1 aliphatic heterocycles. The van der Waals surface area contributed by atoms with Gasteiger partial charge in [-0.2, -0.15) is 0 Å². The topological polar surface area (TPSA) is 29.5 Å². The summed E-state index contributed by atoms with van der Waals surface area (Å²) < 4.78 is 5.00. The van der Waals surface area contributed by atoms with E-state index in [0.717, 1.165) is 6.54 Å². The van der Waals surface area contributed by atoms with Crippen molar-refractivity contribution in [3.63, 3.8) is 0 Å². The van der Waals surface area contributed by atoms with Gasteiger partial charge in [-0.05, 0) is 45.2 Å². The Labute approximate surface area is 99.1 Å². The van der Waals surface area contributed by atoms with E-state index < -0.39 is 0 Å². The molecule has 0 amide bonds. The van der Waals surface area contributed by atoms with Gasteiger partial charge in [0.1, 0.15) is 0 Å². The molecule has 1 saturated heterocycles. The van der Waals surface area contributed by atoms with E-state index in [1.54, 1.807) is 0 Å². The summed E-state index contributed by atoms with van der Waals surface area (Å²) in [6.45, 7) is 8.07. The number of carbonyl (C=O) groups excluding carboxylic acids is 1. The fraction of sp³-hybridized carbons (Fsp3) is 0.923. The van der Waals surface area contributed by atoms with Gasteiger partial charge in [0.2, 0.25) is 0 Å². The molecule has 0 saturated carbocycles. The Kier molecular flexibility index (Phi) is 6.46. The first kappa shape index (κ1) is 13.5. The summed E-state index contributed by atoms with van der Waals surface area (Å²) >= 11 is 0. The second-order valence-electron chi connectivity index (χ2n) is 4.67. The average molecular weight is 227 g/mol. The zero-order valence-corrected chi connectivity index (χ0v) is 10.7. The Bertz CT molecular complexity index is 206. The number of unbranched alkanes of at least 4 members (excludes halogenated alkanes) is 1. The average Bonchev–Trinajstić information content (AvgIpc) is 2.27. The lowest BCUT2D eigenvalue weighted by Crippen LogP contribution is -2.37. The quantitative estimate of drug-likeness (QED) is 0.653. The van der Waals surface area contributed by atoms with E-state index in [1.807, 2.05) is 6.92 Å². The molecule has 3 heteroatoms. The maximum absolute atomic E-state index is 11.4. The summed E-state index contributed by atoms with van der Waals surface area (Å²) in [4.78, 5) is 13.9. The van der Waals surface area contributed by atoms with E-state index in [2.05, 4.69) is 11.8 Å². The van der Waals surface area contributed by atoms with Gasteiger partial charge in [-0.1, -0.05) is 13.3 Å². The zero-order valence-electron chi connectivity index (χ0n) is 10.7. The Morgan fingerprint density at radius 1 is 1.44 bits per heavy atom. The molecule has 16 heavy (non-hydrogen) atoms. The fourth-order valence-corrected chi connectivity index (χ4v) is 2.36. The van der Waals surface area contributed by atoms with Crippen LogP contribution in [0.1, 0.15) is 46.0 Å². The monoisotopic (exact) mass is 227 g/mol. The van der Waals surface area contributed by atoms with Crippen molar-refractivity contribution in [2.45, 2.75) is 46.0 Å². The molecule has 0 bridgehead atoms. The first-order valence-corrected chi connectivity index (χ1v) is 6.64. The zero-order chi connectivity index (χ0) is 11.8. The van der Waals surface area contributed by atoms with Crippen molar-refractivity contribution in [2.75, 3.05) is 26.2 Å². The van der Waals surface area contributed by atoms with Crippen molar-refractivity contribution in [3.05, 3.63) is 0 Å². The summed E-state index contributed by atoms with van der Waals surface area (Å²) in [5.74, 6) is 0.495. The van der Waals surface area contributed by atoms with Gasteiger partial charge in [0, 0.05) is 13.0 Å². The molecule has 1 rings (SSSR count). The van der Waals surface area contributed by atoms with E-state index >= 15 is 0 Å². The number of hydrogen-bond acceptors (Lipinski definition) is 3. The van der Waals surface area contributed by atoms with Crippen LogP contribution < -0.4 is 0 Å². The third-order valence-corrected chi connectivity index (χ3v) is 3.19. The van der Waals surface area contributed by atoms with E-state index in [9.17, 15) is 4.79 Å². The highest BCUT2D eigenvalue weighted by Crippen LogP contribution is 2.20. The van der Waals surface area contributed by atoms with Gasteiger partial charge in [0.05, 0.1) is 6.61 Å². The molecular weight excluding hydrogens is 202 g/mol. The molecule has 0 spiro atoms. The predicted molar refractivity (Wildman–Crippen MR) is 65.3 cm³/mol. The molecule has 1 unspecified atom stereocenters. The number of rotatable bonds is 6. The van der Waals surface area contributed by atoms with Crippen LogP contribution in [0.5, 0.6) is 0 Å². The summed E-state index contributed by atoms with van der Waals surface area (Å²) in [5.41, 5.74) is 0. The summed E-state index contributed by atoms with van der Waals surface area (Å²) in [6, 6.07) is 0. The van der Waals surface area contributed by atoms with Crippen LogP contribution in [0.25, 0.3) is 0 Å². The van der Waals surface area contributed by atoms with E-state index in [4.69, 9.17) is 4.74 Å². The number of piperidine rings is 1. The number of esters is 1. The van der Waals surface area contributed by atoms with E-state index in [1.165, 1.54) is 38.8 Å². The lowest BCUT2D eigenvalue weighted by Gasteiger charge is -2.32. The molecule has 0 radical (unpaired) electrons. The van der Waals surface area contributed by atoms with Gasteiger partial charge in [-0.3, -0.25) is 4.79 Å². The molecule has 0 N–H and O–H groups in total. The van der Waals surface area contributed by atoms with Crippen LogP contribution in [0.2, 0.25) is 0 Å². The van der Waals surface area contributed by atoms with Gasteiger partial charge < -0.3 is 9.64 Å². The first-order chi connectivity index (χ1) is 7.76. The smallest absolute Gasteiger partial charge is 0.306 e. The molecule has 0 aromatic heterocycles. The number of hydrogen-bond donors (Lipinski definition) is 0. The molecule has 3 nitrogen and oxygen atoms in total. The highest BCUT2D eigenvalue weighted by molar-refractivity contribution is 5.69. The van der Waals surface area contributed by atoms with Crippen LogP contribution in [0.3, 0.4) is 0 Å². The minimum Gasteiger partial charge on any atom is -0.466 e. The Morgan fingerprint density at radius 3 is 2.94 bits per heavy atom. The highest BCUT2D eigenvalue weighted by atomic mass is 16.5. The number of ether oxygens (including phenoxy) is 1. The van der Waals surface area contributed by atoms with Gasteiger partial charge in [0.15, 0.2) is 0 Å². The summed E-state index contributed by atoms with van der Waals surface area (Å²) in [5, 5.41) is 0. The fourth-order valence-electron chi connectivity index (χ4n) is 2.36. The van der Waals surface area contributed by atoms with Crippen LogP contribution in [0, 0.1) is 5.92 Å². The second-order valence-corrected chi connectivity index (χ2v) is 4.67. The third kappa shape index (κ3) is 4.97. The van der Waals surface area contributed by atoms with Crippen molar-refractivity contribution in [1.82, 2.24) is 4.90 Å². The van der Waals surface area contributed by atoms with Crippen molar-refractivity contribution >= 4 is 5.97 Å². The van der Waals surface area contributed by atoms with E-state index in [-0.39, 0.29) is 5.97 Å². The number of nitrogens with zero attached hydrogens (tertiary/aromatic N) is 1. The van der Waals surface area contributed by atoms with Crippen molar-refractivity contribution in [3.8, 4) is 0 Å². The molecule has 0 aromatic carbocycles. The minimum absolute atomic E-state index is 0.0233. The minimum atomic E-state index is -0.0233. The Balaban J connectivity index is 2.24. The standard InChI is InChI=1S/C13H25NO2/c1-3-5-8-14-9-6-7-12(11-14)10-13(15)16-4-2/h12H,3-11H2,1-2H3. The Hall–Kier alpha value is -0.570. The molecule has 0 aromatic rings. The molecule has 1 atom stereocenters. The SMILES string of the molecule is CCCCN1CCCC(CC(=O)OCC)C1. The lowest BCUT2D eigenvalue weighted by atomic mass is 9.95. The van der Waals surface area contributed by atoms with Gasteiger partial charge in [-0.25, -0.2) is 0 Å². The van der Waals surface area contributed by atoms with Crippen molar-refractivity contribution in [1.29, 1.82) is 0 Å². The van der Waals surface area contributed by atoms with Crippen LogP contribution in [0.15, 0.2) is 0 Å². The third-order valence-electron chi connectivity index (χ3n) is 3.19. The van der Waals surface area contributed by atoms with Gasteiger partial charge in [0.25, 0.3) is 0 Å². The first-order valence-electron chi connectivity index (χ1n) is 6.64. The van der Waals surface area contributed by atoms with Gasteiger partial charge >= 0.3 is 5.97 Å². The van der Waals surface area contributed by atoms with Crippen LogP contribution in [-0.2, 0) is 9.53 Å². The molecule has 1 heterocycles. The molecule has 1 aliphatic rings. The lowest BCUT2D eigenvalue weighted by molar-refractivity contribution is -0.144. The molecule has 94 valence electrons. The highest BCUT2D eigenvalue weighted by Gasteiger charge is 2.22. The summed E-state index contributed by atoms with van der Waals surface area (Å²) in [7, 11) is 0. The van der Waals surface area contributed by atoms with Crippen LogP contribution in [-0.4, -0.2) is 37.1 Å². The van der Waals surface area contributed by atoms with Crippen molar-refractivity contribution in [2.24, 2.45) is 5.92 Å².